The summed E-state index contributed by atoms with van der Waals surface area (Å²) in [5.41, 5.74) is 0.411. The molecule has 2 aromatic carbocycles. The van der Waals surface area contributed by atoms with E-state index < -0.39 is 4.92 Å². The number of carbonyl (C=O) groups is 1. The number of nitrogens with zero attached hydrogens (tertiary/aromatic N) is 1. The van der Waals surface area contributed by atoms with Gasteiger partial charge in [0.2, 0.25) is 0 Å². The monoisotopic (exact) mass is 306 g/mol. The third-order valence-electron chi connectivity index (χ3n) is 2.56. The van der Waals surface area contributed by atoms with E-state index in [9.17, 15) is 14.9 Å². The van der Waals surface area contributed by atoms with Crippen LogP contribution in [-0.2, 0) is 4.79 Å². The van der Waals surface area contributed by atoms with Crippen molar-refractivity contribution in [3.63, 3.8) is 0 Å². The number of anilines is 1. The SMILES string of the molecule is O=C(COc1ccccc1Cl)Nc1ccc([N+](=O)[O-])cc1. The summed E-state index contributed by atoms with van der Waals surface area (Å²) in [6.45, 7) is -0.208. The minimum Gasteiger partial charge on any atom is -0.482 e. The number of para-hydroxylation sites is 1. The van der Waals surface area contributed by atoms with Crippen LogP contribution in [0.15, 0.2) is 48.5 Å². The van der Waals surface area contributed by atoms with Crippen LogP contribution in [0.4, 0.5) is 11.4 Å². The molecule has 0 fully saturated rings. The lowest BCUT2D eigenvalue weighted by atomic mass is 10.3. The first kappa shape index (κ1) is 14.8. The fourth-order valence-corrected chi connectivity index (χ4v) is 1.76. The first-order chi connectivity index (χ1) is 10.1. The summed E-state index contributed by atoms with van der Waals surface area (Å²) >= 11 is 5.89. The highest BCUT2D eigenvalue weighted by atomic mass is 35.5. The topological polar surface area (TPSA) is 81.5 Å². The number of nitro groups is 1. The summed E-state index contributed by atoms with van der Waals surface area (Å²) in [6, 6.07) is 12.3. The van der Waals surface area contributed by atoms with Gasteiger partial charge in [-0.15, -0.1) is 0 Å². The summed E-state index contributed by atoms with van der Waals surface area (Å²) in [5.74, 6) is 0.0294. The first-order valence-electron chi connectivity index (χ1n) is 5.98. The molecular formula is C14H11ClN2O4. The molecule has 2 aromatic rings. The smallest absolute Gasteiger partial charge is 0.269 e. The molecule has 0 heterocycles. The van der Waals surface area contributed by atoms with Crippen LogP contribution in [0.2, 0.25) is 5.02 Å². The summed E-state index contributed by atoms with van der Waals surface area (Å²) < 4.78 is 5.28. The Morgan fingerprint density at radius 1 is 1.19 bits per heavy atom. The van der Waals surface area contributed by atoms with Gasteiger partial charge in [-0.25, -0.2) is 0 Å². The molecular weight excluding hydrogens is 296 g/mol. The number of carbonyl (C=O) groups excluding carboxylic acids is 1. The molecule has 1 N–H and O–H groups in total. The van der Waals surface area contributed by atoms with E-state index in [2.05, 4.69) is 5.32 Å². The molecule has 7 heteroatoms. The van der Waals surface area contributed by atoms with Crippen LogP contribution in [0, 0.1) is 10.1 Å². The number of non-ortho nitro benzene ring substituents is 1. The lowest BCUT2D eigenvalue weighted by Gasteiger charge is -2.08. The lowest BCUT2D eigenvalue weighted by molar-refractivity contribution is -0.384. The van der Waals surface area contributed by atoms with Crippen molar-refractivity contribution < 1.29 is 14.5 Å². The summed E-state index contributed by atoms with van der Waals surface area (Å²) in [4.78, 5) is 21.7. The molecule has 0 atom stereocenters. The van der Waals surface area contributed by atoms with Gasteiger partial charge >= 0.3 is 0 Å². The van der Waals surface area contributed by atoms with E-state index in [-0.39, 0.29) is 18.2 Å². The molecule has 0 saturated carbocycles. The molecule has 0 aromatic heterocycles. The zero-order chi connectivity index (χ0) is 15.2. The summed E-state index contributed by atoms with van der Waals surface area (Å²) in [5, 5.41) is 13.5. The Morgan fingerprint density at radius 2 is 1.86 bits per heavy atom. The summed E-state index contributed by atoms with van der Waals surface area (Å²) in [6.07, 6.45) is 0. The standard InChI is InChI=1S/C14H11ClN2O4/c15-12-3-1-2-4-13(12)21-9-14(18)16-10-5-7-11(8-6-10)17(19)20/h1-8H,9H2,(H,16,18). The Hall–Kier alpha value is -2.60. The maximum atomic E-state index is 11.7. The highest BCUT2D eigenvalue weighted by Crippen LogP contribution is 2.23. The van der Waals surface area contributed by atoms with Crippen molar-refractivity contribution >= 4 is 28.9 Å². The lowest BCUT2D eigenvalue weighted by Crippen LogP contribution is -2.20. The maximum Gasteiger partial charge on any atom is 0.269 e. The second-order valence-corrected chi connectivity index (χ2v) is 4.48. The van der Waals surface area contributed by atoms with E-state index in [0.717, 1.165) is 0 Å². The van der Waals surface area contributed by atoms with Crippen molar-refractivity contribution in [3.05, 3.63) is 63.7 Å². The van der Waals surface area contributed by atoms with Crippen LogP contribution in [-0.4, -0.2) is 17.4 Å². The molecule has 0 aliphatic carbocycles. The quantitative estimate of drug-likeness (QED) is 0.679. The number of rotatable bonds is 5. The number of hydrogen-bond acceptors (Lipinski definition) is 4. The molecule has 2 rings (SSSR count). The average Bonchev–Trinajstić information content (AvgIpc) is 2.47. The molecule has 0 aliphatic heterocycles. The Bertz CT molecular complexity index is 658. The predicted octanol–water partition coefficient (Wildman–Crippen LogP) is 3.27. The molecule has 0 aliphatic rings. The molecule has 0 saturated heterocycles. The number of halogens is 1. The van der Waals surface area contributed by atoms with Gasteiger partial charge in [-0.3, -0.25) is 14.9 Å². The highest BCUT2D eigenvalue weighted by molar-refractivity contribution is 6.32. The van der Waals surface area contributed by atoms with Gasteiger partial charge in [0.15, 0.2) is 6.61 Å². The molecule has 0 bridgehead atoms. The van der Waals surface area contributed by atoms with Crippen molar-refractivity contribution in [2.45, 2.75) is 0 Å². The molecule has 1 amide bonds. The Morgan fingerprint density at radius 3 is 2.48 bits per heavy atom. The van der Waals surface area contributed by atoms with E-state index in [1.165, 1.54) is 24.3 Å². The number of nitrogens with one attached hydrogen (secondary N) is 1. The second kappa shape index (κ2) is 6.71. The fraction of sp³-hybridized carbons (Fsp3) is 0.0714. The van der Waals surface area contributed by atoms with Gasteiger partial charge < -0.3 is 10.1 Å². The highest BCUT2D eigenvalue weighted by Gasteiger charge is 2.08. The average molecular weight is 307 g/mol. The van der Waals surface area contributed by atoms with Crippen molar-refractivity contribution in [1.29, 1.82) is 0 Å². The molecule has 0 radical (unpaired) electrons. The van der Waals surface area contributed by atoms with Crippen LogP contribution < -0.4 is 10.1 Å². The van der Waals surface area contributed by atoms with Gasteiger partial charge in [-0.2, -0.15) is 0 Å². The number of hydrogen-bond donors (Lipinski definition) is 1. The minimum absolute atomic E-state index is 0.0414. The Kier molecular flexibility index (Phi) is 4.73. The van der Waals surface area contributed by atoms with Gasteiger partial charge in [0.1, 0.15) is 5.75 Å². The third kappa shape index (κ3) is 4.19. The van der Waals surface area contributed by atoms with Gasteiger partial charge in [-0.1, -0.05) is 23.7 Å². The number of amides is 1. The van der Waals surface area contributed by atoms with E-state index in [4.69, 9.17) is 16.3 Å². The van der Waals surface area contributed by atoms with Crippen LogP contribution in [0.1, 0.15) is 0 Å². The predicted molar refractivity (Wildman–Crippen MR) is 78.7 cm³/mol. The second-order valence-electron chi connectivity index (χ2n) is 4.07. The van der Waals surface area contributed by atoms with Crippen LogP contribution >= 0.6 is 11.6 Å². The van der Waals surface area contributed by atoms with E-state index in [1.807, 2.05) is 0 Å². The Balaban J connectivity index is 1.90. The number of nitro benzene ring substituents is 1. The largest absolute Gasteiger partial charge is 0.482 e. The van der Waals surface area contributed by atoms with E-state index >= 15 is 0 Å². The van der Waals surface area contributed by atoms with Crippen LogP contribution in [0.5, 0.6) is 5.75 Å². The van der Waals surface area contributed by atoms with Crippen molar-refractivity contribution in [1.82, 2.24) is 0 Å². The maximum absolute atomic E-state index is 11.7. The molecule has 21 heavy (non-hydrogen) atoms. The van der Waals surface area contributed by atoms with Crippen molar-refractivity contribution in [2.75, 3.05) is 11.9 Å². The normalized spacial score (nSPS) is 9.95. The van der Waals surface area contributed by atoms with E-state index in [1.54, 1.807) is 24.3 Å². The summed E-state index contributed by atoms with van der Waals surface area (Å²) in [7, 11) is 0. The van der Waals surface area contributed by atoms with Crippen LogP contribution in [0.3, 0.4) is 0 Å². The molecule has 0 unspecified atom stereocenters. The third-order valence-corrected chi connectivity index (χ3v) is 2.87. The number of ether oxygens (including phenoxy) is 1. The van der Waals surface area contributed by atoms with Gasteiger partial charge in [0, 0.05) is 17.8 Å². The molecule has 108 valence electrons. The van der Waals surface area contributed by atoms with Crippen molar-refractivity contribution in [3.8, 4) is 5.75 Å². The molecule has 0 spiro atoms. The van der Waals surface area contributed by atoms with Crippen LogP contribution in [0.25, 0.3) is 0 Å². The minimum atomic E-state index is -0.508. The van der Waals surface area contributed by atoms with Gasteiger partial charge in [-0.05, 0) is 24.3 Å². The number of benzene rings is 2. The van der Waals surface area contributed by atoms with Gasteiger partial charge in [0.25, 0.3) is 11.6 Å². The zero-order valence-corrected chi connectivity index (χ0v) is 11.5. The van der Waals surface area contributed by atoms with Gasteiger partial charge in [0.05, 0.1) is 9.95 Å². The fourth-order valence-electron chi connectivity index (χ4n) is 1.57. The Labute approximate surface area is 125 Å². The van der Waals surface area contributed by atoms with Crippen molar-refractivity contribution in [2.24, 2.45) is 0 Å². The van der Waals surface area contributed by atoms with E-state index in [0.29, 0.717) is 16.5 Å². The first-order valence-corrected chi connectivity index (χ1v) is 6.35. The molecule has 6 nitrogen and oxygen atoms in total. The zero-order valence-electron chi connectivity index (χ0n) is 10.8.